The first kappa shape index (κ1) is 14.1. The molecule has 3 rings (SSSR count). The van der Waals surface area contributed by atoms with Crippen molar-refractivity contribution in [3.63, 3.8) is 0 Å². The molecular weight excluding hydrogens is 289 g/mol. The maximum atomic E-state index is 12.8. The van der Waals surface area contributed by atoms with E-state index < -0.39 is 11.7 Å². The van der Waals surface area contributed by atoms with Gasteiger partial charge in [-0.2, -0.15) is 18.4 Å². The smallest absolute Gasteiger partial charge is 0.248 e. The summed E-state index contributed by atoms with van der Waals surface area (Å²) in [6, 6.07) is 15.9. The third-order valence-corrected chi connectivity index (χ3v) is 3.33. The normalized spacial score (nSPS) is 11.4. The molecule has 1 aromatic heterocycles. The van der Waals surface area contributed by atoms with E-state index in [1.807, 2.05) is 36.4 Å². The molecule has 2 nitrogen and oxygen atoms in total. The van der Waals surface area contributed by atoms with E-state index in [1.54, 1.807) is 0 Å². The zero-order valence-corrected chi connectivity index (χ0v) is 11.2. The Balaban J connectivity index is 2.25. The fourth-order valence-corrected chi connectivity index (χ4v) is 2.25. The minimum Gasteiger partial charge on any atom is -0.248 e. The zero-order valence-electron chi connectivity index (χ0n) is 11.2. The number of pyridine rings is 1. The van der Waals surface area contributed by atoms with Crippen LogP contribution in [0.3, 0.4) is 0 Å². The first-order valence-electron chi connectivity index (χ1n) is 6.46. The first-order chi connectivity index (χ1) is 10.5. The lowest BCUT2D eigenvalue weighted by Crippen LogP contribution is -2.04. The summed E-state index contributed by atoms with van der Waals surface area (Å²) in [5.41, 5.74) is 1.12. The average molecular weight is 298 g/mol. The van der Waals surface area contributed by atoms with Crippen molar-refractivity contribution in [2.75, 3.05) is 0 Å². The summed E-state index contributed by atoms with van der Waals surface area (Å²) in [6.07, 6.45) is -4.45. The first-order valence-corrected chi connectivity index (χ1v) is 6.46. The summed E-state index contributed by atoms with van der Waals surface area (Å²) in [6.45, 7) is 0. The van der Waals surface area contributed by atoms with E-state index in [0.717, 1.165) is 17.7 Å². The molecule has 108 valence electrons. The van der Waals surface area contributed by atoms with Crippen LogP contribution in [0.2, 0.25) is 0 Å². The fraction of sp³-hybridized carbons (Fsp3) is 0.0588. The Labute approximate surface area is 124 Å². The molecule has 0 aliphatic carbocycles. The third-order valence-electron chi connectivity index (χ3n) is 3.33. The van der Waals surface area contributed by atoms with Crippen molar-refractivity contribution < 1.29 is 13.2 Å². The number of alkyl halides is 3. The SMILES string of the molecule is N#Cc1cc(-c2ccccc2)nc2ccc(C(F)(F)F)cc12. The number of benzene rings is 2. The van der Waals surface area contributed by atoms with Gasteiger partial charge in [-0.25, -0.2) is 4.98 Å². The molecule has 22 heavy (non-hydrogen) atoms. The number of rotatable bonds is 1. The van der Waals surface area contributed by atoms with Gasteiger partial charge in [-0.1, -0.05) is 30.3 Å². The predicted octanol–water partition coefficient (Wildman–Crippen LogP) is 4.79. The Kier molecular flexibility index (Phi) is 3.30. The molecule has 0 N–H and O–H groups in total. The molecule has 0 saturated carbocycles. The molecule has 0 amide bonds. The maximum Gasteiger partial charge on any atom is 0.416 e. The van der Waals surface area contributed by atoms with Crippen LogP contribution >= 0.6 is 0 Å². The molecule has 0 atom stereocenters. The van der Waals surface area contributed by atoms with Crippen molar-refractivity contribution in [2.45, 2.75) is 6.18 Å². The van der Waals surface area contributed by atoms with Gasteiger partial charge in [-0.3, -0.25) is 0 Å². The van der Waals surface area contributed by atoms with Gasteiger partial charge >= 0.3 is 6.18 Å². The molecule has 0 bridgehead atoms. The van der Waals surface area contributed by atoms with Crippen LogP contribution in [0, 0.1) is 11.3 Å². The van der Waals surface area contributed by atoms with Gasteiger partial charge in [0.15, 0.2) is 0 Å². The van der Waals surface area contributed by atoms with Crippen molar-refractivity contribution in [3.8, 4) is 17.3 Å². The number of halogens is 3. The molecule has 0 unspecified atom stereocenters. The lowest BCUT2D eigenvalue weighted by molar-refractivity contribution is -0.137. The molecule has 3 aromatic rings. The second-order valence-corrected chi connectivity index (χ2v) is 4.76. The van der Waals surface area contributed by atoms with Crippen molar-refractivity contribution in [3.05, 3.63) is 65.7 Å². The van der Waals surface area contributed by atoms with E-state index in [0.29, 0.717) is 11.2 Å². The highest BCUT2D eigenvalue weighted by molar-refractivity contribution is 5.88. The second kappa shape index (κ2) is 5.15. The van der Waals surface area contributed by atoms with Crippen molar-refractivity contribution in [2.24, 2.45) is 0 Å². The summed E-state index contributed by atoms with van der Waals surface area (Å²) < 4.78 is 38.4. The number of fused-ring (bicyclic) bond motifs is 1. The molecule has 0 spiro atoms. The lowest BCUT2D eigenvalue weighted by Gasteiger charge is -2.09. The van der Waals surface area contributed by atoms with Gasteiger partial charge < -0.3 is 0 Å². The fourth-order valence-electron chi connectivity index (χ4n) is 2.25. The number of nitrogens with zero attached hydrogens (tertiary/aromatic N) is 2. The van der Waals surface area contributed by atoms with E-state index in [-0.39, 0.29) is 10.9 Å². The average Bonchev–Trinajstić information content (AvgIpc) is 2.53. The maximum absolute atomic E-state index is 12.8. The van der Waals surface area contributed by atoms with E-state index in [2.05, 4.69) is 4.98 Å². The Morgan fingerprint density at radius 1 is 0.955 bits per heavy atom. The lowest BCUT2D eigenvalue weighted by atomic mass is 10.0. The van der Waals surface area contributed by atoms with E-state index in [1.165, 1.54) is 12.1 Å². The van der Waals surface area contributed by atoms with Crippen LogP contribution in [0.5, 0.6) is 0 Å². The molecular formula is C17H9F3N2. The monoisotopic (exact) mass is 298 g/mol. The number of nitriles is 1. The molecule has 5 heteroatoms. The van der Waals surface area contributed by atoms with Crippen LogP contribution < -0.4 is 0 Å². The standard InChI is InChI=1S/C17H9F3N2/c18-17(19,20)13-6-7-15-14(9-13)12(10-21)8-16(22-15)11-4-2-1-3-5-11/h1-9H. The quantitative estimate of drug-likeness (QED) is 0.647. The van der Waals surface area contributed by atoms with Gasteiger partial charge in [0.1, 0.15) is 0 Å². The highest BCUT2D eigenvalue weighted by Crippen LogP contribution is 2.33. The molecule has 0 aliphatic rings. The van der Waals surface area contributed by atoms with Crippen LogP contribution in [0.25, 0.3) is 22.2 Å². The van der Waals surface area contributed by atoms with Crippen LogP contribution in [-0.4, -0.2) is 4.98 Å². The number of hydrogen-bond donors (Lipinski definition) is 0. The molecule has 0 fully saturated rings. The van der Waals surface area contributed by atoms with Crippen molar-refractivity contribution >= 4 is 10.9 Å². The molecule has 0 radical (unpaired) electrons. The molecule has 0 aliphatic heterocycles. The Bertz CT molecular complexity index is 878. The summed E-state index contributed by atoms with van der Waals surface area (Å²) in [7, 11) is 0. The van der Waals surface area contributed by atoms with Crippen molar-refractivity contribution in [1.29, 1.82) is 5.26 Å². The molecule has 2 aromatic carbocycles. The Morgan fingerprint density at radius 2 is 1.68 bits per heavy atom. The van der Waals surface area contributed by atoms with E-state index in [4.69, 9.17) is 0 Å². The van der Waals surface area contributed by atoms with E-state index in [9.17, 15) is 18.4 Å². The Morgan fingerprint density at radius 3 is 2.32 bits per heavy atom. The second-order valence-electron chi connectivity index (χ2n) is 4.76. The molecule has 1 heterocycles. The highest BCUT2D eigenvalue weighted by Gasteiger charge is 2.30. The van der Waals surface area contributed by atoms with Gasteiger partial charge in [0.2, 0.25) is 0 Å². The van der Waals surface area contributed by atoms with Gasteiger partial charge in [-0.15, -0.1) is 0 Å². The number of aromatic nitrogens is 1. The Hall–Kier alpha value is -2.87. The van der Waals surface area contributed by atoms with Gasteiger partial charge in [-0.05, 0) is 24.3 Å². The van der Waals surface area contributed by atoms with Crippen LogP contribution in [-0.2, 0) is 6.18 Å². The highest BCUT2D eigenvalue weighted by atomic mass is 19.4. The van der Waals surface area contributed by atoms with Gasteiger partial charge in [0, 0.05) is 10.9 Å². The predicted molar refractivity (Wildman–Crippen MR) is 76.9 cm³/mol. The van der Waals surface area contributed by atoms with Crippen molar-refractivity contribution in [1.82, 2.24) is 4.98 Å². The van der Waals surface area contributed by atoms with Gasteiger partial charge in [0.25, 0.3) is 0 Å². The van der Waals surface area contributed by atoms with Crippen LogP contribution in [0.15, 0.2) is 54.6 Å². The van der Waals surface area contributed by atoms with Gasteiger partial charge in [0.05, 0.1) is 28.4 Å². The minimum absolute atomic E-state index is 0.176. The van der Waals surface area contributed by atoms with Crippen LogP contribution in [0.4, 0.5) is 13.2 Å². The van der Waals surface area contributed by atoms with E-state index >= 15 is 0 Å². The minimum atomic E-state index is -4.45. The topological polar surface area (TPSA) is 36.7 Å². The number of hydrogen-bond acceptors (Lipinski definition) is 2. The summed E-state index contributed by atoms with van der Waals surface area (Å²) >= 11 is 0. The summed E-state index contributed by atoms with van der Waals surface area (Å²) in [4.78, 5) is 4.36. The molecule has 0 saturated heterocycles. The largest absolute Gasteiger partial charge is 0.416 e. The zero-order chi connectivity index (χ0) is 15.7. The van der Waals surface area contributed by atoms with Crippen LogP contribution in [0.1, 0.15) is 11.1 Å². The summed E-state index contributed by atoms with van der Waals surface area (Å²) in [5.74, 6) is 0. The summed E-state index contributed by atoms with van der Waals surface area (Å²) in [5, 5.41) is 9.45. The third kappa shape index (κ3) is 2.51.